The molecule has 1 aromatic rings. The van der Waals surface area contributed by atoms with Gasteiger partial charge in [-0.25, -0.2) is 4.98 Å². The summed E-state index contributed by atoms with van der Waals surface area (Å²) in [6.45, 7) is 8.41. The number of thiazole rings is 1. The maximum Gasteiger partial charge on any atom is 0.186 e. The Bertz CT molecular complexity index is 416. The molecule has 0 aliphatic carbocycles. The van der Waals surface area contributed by atoms with Crippen LogP contribution >= 0.6 is 11.3 Å². The lowest BCUT2D eigenvalue weighted by molar-refractivity contribution is 0.112. The molecule has 1 saturated heterocycles. The number of hydrogen-bond donors (Lipinski definition) is 0. The second-order valence-corrected chi connectivity index (χ2v) is 6.17. The first kappa shape index (κ1) is 13.5. The van der Waals surface area contributed by atoms with Crippen molar-refractivity contribution in [1.82, 2.24) is 9.88 Å². The summed E-state index contributed by atoms with van der Waals surface area (Å²) in [7, 11) is 2.15. The fourth-order valence-corrected chi connectivity index (χ4v) is 3.29. The maximum absolute atomic E-state index is 11.1. The van der Waals surface area contributed by atoms with Crippen LogP contribution in [0.25, 0.3) is 0 Å². The largest absolute Gasteiger partial charge is 0.347 e. The molecule has 4 nitrogen and oxygen atoms in total. The van der Waals surface area contributed by atoms with Gasteiger partial charge in [-0.2, -0.15) is 0 Å². The van der Waals surface area contributed by atoms with Crippen molar-refractivity contribution in [2.75, 3.05) is 38.1 Å². The van der Waals surface area contributed by atoms with Crippen molar-refractivity contribution in [3.63, 3.8) is 0 Å². The van der Waals surface area contributed by atoms with E-state index in [0.717, 1.165) is 54.6 Å². The molecule has 0 aromatic carbocycles. The number of nitrogens with zero attached hydrogens (tertiary/aromatic N) is 3. The minimum atomic E-state index is 0.310. The van der Waals surface area contributed by atoms with Crippen molar-refractivity contribution in [2.45, 2.75) is 26.2 Å². The molecule has 0 bridgehead atoms. The zero-order valence-corrected chi connectivity index (χ0v) is 12.2. The summed E-state index contributed by atoms with van der Waals surface area (Å²) in [6, 6.07) is 0. The first-order valence-corrected chi connectivity index (χ1v) is 7.33. The molecule has 2 heterocycles. The summed E-state index contributed by atoms with van der Waals surface area (Å²) in [5, 5.41) is 1.01. The highest BCUT2D eigenvalue weighted by Gasteiger charge is 2.19. The molecular weight excluding hydrogens is 246 g/mol. The minimum absolute atomic E-state index is 0.310. The van der Waals surface area contributed by atoms with Crippen LogP contribution in [0.1, 0.15) is 41.6 Å². The average Bonchev–Trinajstić information content (AvgIpc) is 2.66. The Labute approximate surface area is 113 Å². The van der Waals surface area contributed by atoms with Gasteiger partial charge in [0.15, 0.2) is 11.4 Å². The number of anilines is 1. The van der Waals surface area contributed by atoms with Crippen LogP contribution in [0.3, 0.4) is 0 Å². The molecule has 1 fully saturated rings. The zero-order valence-electron chi connectivity index (χ0n) is 11.3. The van der Waals surface area contributed by atoms with Crippen LogP contribution in [0.2, 0.25) is 0 Å². The predicted octanol–water partition coefficient (Wildman–Crippen LogP) is 2.22. The highest BCUT2D eigenvalue weighted by atomic mass is 32.1. The van der Waals surface area contributed by atoms with Crippen LogP contribution in [-0.4, -0.2) is 49.4 Å². The van der Waals surface area contributed by atoms with Gasteiger partial charge >= 0.3 is 0 Å². The molecule has 0 radical (unpaired) electrons. The van der Waals surface area contributed by atoms with Gasteiger partial charge in [0.05, 0.1) is 10.6 Å². The molecule has 0 atom stereocenters. The highest BCUT2D eigenvalue weighted by Crippen LogP contribution is 2.30. The van der Waals surface area contributed by atoms with Crippen molar-refractivity contribution in [1.29, 1.82) is 0 Å². The molecule has 1 aromatic heterocycles. The first-order chi connectivity index (χ1) is 8.61. The van der Waals surface area contributed by atoms with Crippen LogP contribution in [0.15, 0.2) is 0 Å². The van der Waals surface area contributed by atoms with E-state index >= 15 is 0 Å². The van der Waals surface area contributed by atoms with Gasteiger partial charge in [-0.05, 0) is 25.9 Å². The summed E-state index contributed by atoms with van der Waals surface area (Å²) in [6.07, 6.45) is 2.10. The molecule has 2 rings (SSSR count). The number of carbonyl (C=O) groups is 1. The summed E-state index contributed by atoms with van der Waals surface area (Å²) in [4.78, 5) is 21.2. The Kier molecular flexibility index (Phi) is 4.35. The Morgan fingerprint density at radius 3 is 2.67 bits per heavy atom. The van der Waals surface area contributed by atoms with E-state index in [0.29, 0.717) is 5.92 Å². The molecule has 100 valence electrons. The fraction of sp³-hybridized carbons (Fsp3) is 0.692. The molecule has 1 aliphatic rings. The lowest BCUT2D eigenvalue weighted by Crippen LogP contribution is -2.28. The summed E-state index contributed by atoms with van der Waals surface area (Å²) >= 11 is 1.53. The van der Waals surface area contributed by atoms with E-state index in [-0.39, 0.29) is 0 Å². The van der Waals surface area contributed by atoms with Gasteiger partial charge in [0.1, 0.15) is 0 Å². The van der Waals surface area contributed by atoms with E-state index in [9.17, 15) is 4.79 Å². The van der Waals surface area contributed by atoms with Gasteiger partial charge in [0.25, 0.3) is 0 Å². The molecule has 5 heteroatoms. The Morgan fingerprint density at radius 2 is 2.06 bits per heavy atom. The highest BCUT2D eigenvalue weighted by molar-refractivity contribution is 7.17. The Morgan fingerprint density at radius 1 is 1.28 bits per heavy atom. The topological polar surface area (TPSA) is 36.4 Å². The van der Waals surface area contributed by atoms with E-state index in [4.69, 9.17) is 0 Å². The summed E-state index contributed by atoms with van der Waals surface area (Å²) < 4.78 is 0. The second-order valence-electron chi connectivity index (χ2n) is 5.16. The molecule has 0 amide bonds. The van der Waals surface area contributed by atoms with Crippen LogP contribution in [-0.2, 0) is 0 Å². The Hall–Kier alpha value is -0.940. The SMILES string of the molecule is CC(C)c1nc(N2CCCN(C)CC2)sc1C=O. The molecule has 0 saturated carbocycles. The van der Waals surface area contributed by atoms with Crippen LogP contribution < -0.4 is 4.90 Å². The lowest BCUT2D eigenvalue weighted by Gasteiger charge is -2.19. The van der Waals surface area contributed by atoms with Crippen molar-refractivity contribution in [3.8, 4) is 0 Å². The molecule has 18 heavy (non-hydrogen) atoms. The van der Waals surface area contributed by atoms with Gasteiger partial charge < -0.3 is 9.80 Å². The third kappa shape index (κ3) is 2.90. The smallest absolute Gasteiger partial charge is 0.186 e. The van der Waals surface area contributed by atoms with E-state index in [2.05, 4.69) is 35.7 Å². The van der Waals surface area contributed by atoms with Gasteiger partial charge in [-0.3, -0.25) is 4.79 Å². The third-order valence-electron chi connectivity index (χ3n) is 3.31. The van der Waals surface area contributed by atoms with E-state index < -0.39 is 0 Å². The maximum atomic E-state index is 11.1. The minimum Gasteiger partial charge on any atom is -0.347 e. The van der Waals surface area contributed by atoms with Crippen molar-refractivity contribution < 1.29 is 4.79 Å². The standard InChI is InChI=1S/C13H21N3OS/c1-10(2)12-11(9-17)18-13(14-12)16-6-4-5-15(3)7-8-16/h9-10H,4-8H2,1-3H3. The van der Waals surface area contributed by atoms with Crippen molar-refractivity contribution >= 4 is 22.8 Å². The fourth-order valence-electron chi connectivity index (χ4n) is 2.20. The quantitative estimate of drug-likeness (QED) is 0.787. The normalized spacial score (nSPS) is 18.1. The molecule has 0 spiro atoms. The summed E-state index contributed by atoms with van der Waals surface area (Å²) in [5.41, 5.74) is 0.947. The van der Waals surface area contributed by atoms with Crippen molar-refractivity contribution in [3.05, 3.63) is 10.6 Å². The zero-order chi connectivity index (χ0) is 13.1. The number of carbonyl (C=O) groups excluding carboxylic acids is 1. The third-order valence-corrected chi connectivity index (χ3v) is 4.37. The first-order valence-electron chi connectivity index (χ1n) is 6.51. The number of rotatable bonds is 3. The number of hydrogen-bond acceptors (Lipinski definition) is 5. The van der Waals surface area contributed by atoms with Crippen LogP contribution in [0, 0.1) is 0 Å². The number of aromatic nitrogens is 1. The van der Waals surface area contributed by atoms with Gasteiger partial charge in [-0.1, -0.05) is 25.2 Å². The predicted molar refractivity (Wildman–Crippen MR) is 75.9 cm³/mol. The van der Waals surface area contributed by atoms with Gasteiger partial charge in [0.2, 0.25) is 0 Å². The molecule has 0 unspecified atom stereocenters. The van der Waals surface area contributed by atoms with Gasteiger partial charge in [-0.15, -0.1) is 0 Å². The lowest BCUT2D eigenvalue weighted by atomic mass is 10.1. The molecule has 0 N–H and O–H groups in total. The van der Waals surface area contributed by atoms with E-state index in [1.807, 2.05) is 0 Å². The van der Waals surface area contributed by atoms with Gasteiger partial charge in [0, 0.05) is 19.6 Å². The Balaban J connectivity index is 2.19. The van der Waals surface area contributed by atoms with E-state index in [1.54, 1.807) is 0 Å². The average molecular weight is 267 g/mol. The van der Waals surface area contributed by atoms with Crippen LogP contribution in [0.5, 0.6) is 0 Å². The number of likely N-dealkylation sites (N-methyl/N-ethyl adjacent to an activating group) is 1. The monoisotopic (exact) mass is 267 g/mol. The van der Waals surface area contributed by atoms with E-state index in [1.165, 1.54) is 11.3 Å². The number of aldehydes is 1. The molecule has 1 aliphatic heterocycles. The van der Waals surface area contributed by atoms with Crippen molar-refractivity contribution in [2.24, 2.45) is 0 Å². The second kappa shape index (κ2) is 5.80. The molecular formula is C13H21N3OS. The summed E-state index contributed by atoms with van der Waals surface area (Å²) in [5.74, 6) is 0.310. The van der Waals surface area contributed by atoms with Crippen LogP contribution in [0.4, 0.5) is 5.13 Å².